The Labute approximate surface area is 140 Å². The highest BCUT2D eigenvalue weighted by atomic mass is 79.9. The summed E-state index contributed by atoms with van der Waals surface area (Å²) in [5.74, 6) is -0.0832. The molecule has 22 heavy (non-hydrogen) atoms. The Hall–Kier alpha value is -2.05. The first-order chi connectivity index (χ1) is 10.7. The fraction of sp³-hybridized carbons (Fsp3) is 0.0625. The largest absolute Gasteiger partial charge is 0.326 e. The van der Waals surface area contributed by atoms with Crippen LogP contribution in [0.4, 0.5) is 5.69 Å². The molecule has 0 unspecified atom stereocenters. The number of hydrogen-bond donors (Lipinski definition) is 1. The van der Waals surface area contributed by atoms with Gasteiger partial charge in [0.2, 0.25) is 5.91 Å². The maximum absolute atomic E-state index is 12.0. The highest BCUT2D eigenvalue weighted by molar-refractivity contribution is 9.10. The first kappa shape index (κ1) is 14.9. The zero-order chi connectivity index (χ0) is 15.4. The van der Waals surface area contributed by atoms with E-state index in [1.165, 1.54) is 11.3 Å². The summed E-state index contributed by atoms with van der Waals surface area (Å²) in [6.45, 7) is 0. The van der Waals surface area contributed by atoms with E-state index in [0.717, 1.165) is 26.6 Å². The average Bonchev–Trinajstić information content (AvgIpc) is 2.99. The number of carbonyl (C=O) groups excluding carboxylic acids is 1. The molecule has 0 aliphatic heterocycles. The van der Waals surface area contributed by atoms with E-state index in [4.69, 9.17) is 0 Å². The molecule has 0 radical (unpaired) electrons. The van der Waals surface area contributed by atoms with Crippen molar-refractivity contribution in [1.29, 1.82) is 0 Å². The molecule has 3 aromatic rings. The van der Waals surface area contributed by atoms with Gasteiger partial charge in [0.25, 0.3) is 0 Å². The molecule has 4 nitrogen and oxygen atoms in total. The van der Waals surface area contributed by atoms with Gasteiger partial charge >= 0.3 is 0 Å². The normalized spacial score (nSPS) is 10.4. The minimum Gasteiger partial charge on any atom is -0.326 e. The summed E-state index contributed by atoms with van der Waals surface area (Å²) in [6, 6.07) is 13.2. The molecule has 2 aromatic heterocycles. The van der Waals surface area contributed by atoms with Gasteiger partial charge in [0.1, 0.15) is 5.01 Å². The highest BCUT2D eigenvalue weighted by Crippen LogP contribution is 2.22. The van der Waals surface area contributed by atoms with Gasteiger partial charge in [0, 0.05) is 21.7 Å². The molecule has 2 heterocycles. The summed E-state index contributed by atoms with van der Waals surface area (Å²) in [5, 5.41) is 5.58. The lowest BCUT2D eigenvalue weighted by Crippen LogP contribution is -2.14. The van der Waals surface area contributed by atoms with E-state index in [2.05, 4.69) is 31.2 Å². The van der Waals surface area contributed by atoms with Crippen molar-refractivity contribution in [3.05, 3.63) is 64.2 Å². The Morgan fingerprint density at radius 1 is 1.18 bits per heavy atom. The number of pyridine rings is 1. The van der Waals surface area contributed by atoms with Crippen LogP contribution >= 0.6 is 27.3 Å². The third kappa shape index (κ3) is 3.78. The Kier molecular flexibility index (Phi) is 4.60. The second kappa shape index (κ2) is 6.81. The van der Waals surface area contributed by atoms with Crippen LogP contribution in [-0.2, 0) is 11.2 Å². The molecular formula is C16H12BrN3OS. The van der Waals surface area contributed by atoms with Gasteiger partial charge < -0.3 is 5.32 Å². The van der Waals surface area contributed by atoms with Crippen LogP contribution in [0.2, 0.25) is 0 Å². The van der Waals surface area contributed by atoms with Gasteiger partial charge in [-0.05, 0) is 36.4 Å². The summed E-state index contributed by atoms with van der Waals surface area (Å²) < 4.78 is 0.977. The van der Waals surface area contributed by atoms with E-state index >= 15 is 0 Å². The number of thiazole rings is 1. The molecule has 1 aromatic carbocycles. The second-order valence-corrected chi connectivity index (χ2v) is 6.36. The molecule has 3 rings (SSSR count). The number of nitrogens with zero attached hydrogens (tertiary/aromatic N) is 2. The zero-order valence-corrected chi connectivity index (χ0v) is 13.9. The number of amides is 1. The van der Waals surface area contributed by atoms with E-state index in [1.807, 2.05) is 47.8 Å². The maximum atomic E-state index is 12.0. The van der Waals surface area contributed by atoms with Crippen LogP contribution in [0.25, 0.3) is 10.7 Å². The quantitative estimate of drug-likeness (QED) is 0.747. The number of aromatic nitrogens is 2. The van der Waals surface area contributed by atoms with Crippen LogP contribution in [0.5, 0.6) is 0 Å². The number of rotatable bonds is 4. The fourth-order valence-electron chi connectivity index (χ4n) is 1.90. The van der Waals surface area contributed by atoms with E-state index in [9.17, 15) is 4.79 Å². The standard InChI is InChI=1S/C16H12BrN3OS/c17-11-4-6-12(7-5-11)19-15(21)9-13-10-22-16(20-13)14-3-1-2-8-18-14/h1-8,10H,9H2,(H,19,21). The van der Waals surface area contributed by atoms with Gasteiger partial charge in [-0.15, -0.1) is 11.3 Å². The number of halogens is 1. The smallest absolute Gasteiger partial charge is 0.230 e. The minimum absolute atomic E-state index is 0.0832. The van der Waals surface area contributed by atoms with Crippen molar-refractivity contribution in [2.24, 2.45) is 0 Å². The van der Waals surface area contributed by atoms with Crippen molar-refractivity contribution < 1.29 is 4.79 Å². The molecule has 0 saturated carbocycles. The number of benzene rings is 1. The van der Waals surface area contributed by atoms with E-state index in [-0.39, 0.29) is 12.3 Å². The molecule has 6 heteroatoms. The van der Waals surface area contributed by atoms with Crippen LogP contribution in [0.1, 0.15) is 5.69 Å². The predicted molar refractivity (Wildman–Crippen MR) is 91.8 cm³/mol. The van der Waals surface area contributed by atoms with E-state index < -0.39 is 0 Å². The average molecular weight is 374 g/mol. The molecule has 0 spiro atoms. The van der Waals surface area contributed by atoms with Crippen LogP contribution < -0.4 is 5.32 Å². The van der Waals surface area contributed by atoms with Crippen molar-refractivity contribution in [3.63, 3.8) is 0 Å². The second-order valence-electron chi connectivity index (χ2n) is 4.59. The number of nitrogens with one attached hydrogen (secondary N) is 1. The van der Waals surface area contributed by atoms with Crippen molar-refractivity contribution in [2.45, 2.75) is 6.42 Å². The first-order valence-electron chi connectivity index (χ1n) is 6.62. The summed E-state index contributed by atoms with van der Waals surface area (Å²) in [7, 11) is 0. The maximum Gasteiger partial charge on any atom is 0.230 e. The SMILES string of the molecule is O=C(Cc1csc(-c2ccccn2)n1)Nc1ccc(Br)cc1. The highest BCUT2D eigenvalue weighted by Gasteiger charge is 2.09. The van der Waals surface area contributed by atoms with Gasteiger partial charge in [-0.3, -0.25) is 9.78 Å². The molecule has 0 bridgehead atoms. The fourth-order valence-corrected chi connectivity index (χ4v) is 2.96. The van der Waals surface area contributed by atoms with Gasteiger partial charge in [0.15, 0.2) is 0 Å². The summed E-state index contributed by atoms with van der Waals surface area (Å²) in [4.78, 5) is 20.8. The third-order valence-corrected chi connectivity index (χ3v) is 4.35. The van der Waals surface area contributed by atoms with Crippen LogP contribution in [0.3, 0.4) is 0 Å². The Bertz CT molecular complexity index is 772. The molecular weight excluding hydrogens is 362 g/mol. The number of anilines is 1. The topological polar surface area (TPSA) is 54.9 Å². The first-order valence-corrected chi connectivity index (χ1v) is 8.29. The Morgan fingerprint density at radius 3 is 2.73 bits per heavy atom. The summed E-state index contributed by atoms with van der Waals surface area (Å²) >= 11 is 4.86. The lowest BCUT2D eigenvalue weighted by molar-refractivity contribution is -0.115. The molecule has 1 amide bonds. The Balaban J connectivity index is 1.65. The number of carbonyl (C=O) groups is 1. The summed E-state index contributed by atoms with van der Waals surface area (Å²) in [5.41, 5.74) is 2.35. The molecule has 0 atom stereocenters. The summed E-state index contributed by atoms with van der Waals surface area (Å²) in [6.07, 6.45) is 1.98. The lowest BCUT2D eigenvalue weighted by atomic mass is 10.3. The van der Waals surface area contributed by atoms with Crippen LogP contribution in [0, 0.1) is 0 Å². The molecule has 1 N–H and O–H groups in total. The van der Waals surface area contributed by atoms with Crippen molar-refractivity contribution in [3.8, 4) is 10.7 Å². The van der Waals surface area contributed by atoms with Crippen LogP contribution in [0.15, 0.2) is 58.5 Å². The minimum atomic E-state index is -0.0832. The lowest BCUT2D eigenvalue weighted by Gasteiger charge is -2.03. The van der Waals surface area contributed by atoms with E-state index in [1.54, 1.807) is 6.20 Å². The molecule has 0 fully saturated rings. The Morgan fingerprint density at radius 2 is 2.00 bits per heavy atom. The predicted octanol–water partition coefficient (Wildman–Crippen LogP) is 4.15. The van der Waals surface area contributed by atoms with E-state index in [0.29, 0.717) is 0 Å². The zero-order valence-electron chi connectivity index (χ0n) is 11.5. The van der Waals surface area contributed by atoms with Crippen LogP contribution in [-0.4, -0.2) is 15.9 Å². The molecule has 0 saturated heterocycles. The van der Waals surface area contributed by atoms with Gasteiger partial charge in [-0.2, -0.15) is 0 Å². The van der Waals surface area contributed by atoms with Crippen molar-refractivity contribution >= 4 is 38.9 Å². The van der Waals surface area contributed by atoms with Crippen molar-refractivity contribution in [1.82, 2.24) is 9.97 Å². The van der Waals surface area contributed by atoms with Crippen molar-refractivity contribution in [2.75, 3.05) is 5.32 Å². The van der Waals surface area contributed by atoms with Gasteiger partial charge in [0.05, 0.1) is 17.8 Å². The molecule has 0 aliphatic rings. The monoisotopic (exact) mass is 373 g/mol. The van der Waals surface area contributed by atoms with Gasteiger partial charge in [-0.1, -0.05) is 22.0 Å². The molecule has 110 valence electrons. The third-order valence-electron chi connectivity index (χ3n) is 2.91. The number of hydrogen-bond acceptors (Lipinski definition) is 4. The van der Waals surface area contributed by atoms with Gasteiger partial charge in [-0.25, -0.2) is 4.98 Å². The molecule has 0 aliphatic carbocycles.